The number of benzene rings is 2. The summed E-state index contributed by atoms with van der Waals surface area (Å²) in [4.78, 5) is 22.4. The van der Waals surface area contributed by atoms with Gasteiger partial charge in [-0.3, -0.25) is 10.1 Å². The summed E-state index contributed by atoms with van der Waals surface area (Å²) in [7, 11) is -3.31. The van der Waals surface area contributed by atoms with Crippen LogP contribution in [-0.4, -0.2) is 35.7 Å². The van der Waals surface area contributed by atoms with Crippen molar-refractivity contribution in [1.29, 1.82) is 0 Å². The highest BCUT2D eigenvalue weighted by atomic mass is 32.2. The van der Waals surface area contributed by atoms with Crippen LogP contribution in [0.1, 0.15) is 22.1 Å². The van der Waals surface area contributed by atoms with Gasteiger partial charge >= 0.3 is 0 Å². The van der Waals surface area contributed by atoms with Crippen LogP contribution in [0.4, 0.5) is 5.13 Å². The topological polar surface area (TPSA) is 115 Å². The van der Waals surface area contributed by atoms with Crippen molar-refractivity contribution in [2.75, 3.05) is 11.6 Å². The molecule has 0 aliphatic rings. The summed E-state index contributed by atoms with van der Waals surface area (Å²) in [6, 6.07) is 11.9. The molecule has 0 aliphatic heterocycles. The van der Waals surface area contributed by atoms with Gasteiger partial charge < -0.3 is 4.52 Å². The third kappa shape index (κ3) is 4.53. The molecule has 0 aliphatic carbocycles. The molecule has 0 saturated carbocycles. The highest BCUT2D eigenvalue weighted by Crippen LogP contribution is 2.30. The monoisotopic (exact) mass is 460 g/mol. The number of anilines is 1. The minimum Gasteiger partial charge on any atom is -0.338 e. The number of sulfone groups is 1. The number of hydrogen-bond donors (Lipinski definition) is 1. The number of carbonyl (C=O) groups excluding carboxylic acids is 1. The van der Waals surface area contributed by atoms with Gasteiger partial charge in [-0.05, 0) is 37.3 Å². The van der Waals surface area contributed by atoms with Crippen LogP contribution in [-0.2, 0) is 15.6 Å². The van der Waals surface area contributed by atoms with E-state index >= 15 is 0 Å². The number of nitrogens with zero attached hydrogens (tertiary/aromatic N) is 3. The smallest absolute Gasteiger partial charge is 0.258 e. The Labute approximate surface area is 180 Å². The van der Waals surface area contributed by atoms with E-state index in [0.29, 0.717) is 38.4 Å². The summed E-state index contributed by atoms with van der Waals surface area (Å²) in [5.41, 5.74) is 1.12. The number of aromatic nitrogens is 3. The first-order valence-electron chi connectivity index (χ1n) is 8.72. The molecule has 11 heteroatoms. The zero-order valence-corrected chi connectivity index (χ0v) is 18.4. The van der Waals surface area contributed by atoms with Crippen molar-refractivity contribution in [1.82, 2.24) is 15.1 Å². The van der Waals surface area contributed by atoms with Crippen molar-refractivity contribution in [3.05, 3.63) is 59.7 Å². The minimum absolute atomic E-state index is 0.217. The average Bonchev–Trinajstić information content (AvgIpc) is 3.30. The van der Waals surface area contributed by atoms with Gasteiger partial charge in [0.1, 0.15) is 0 Å². The van der Waals surface area contributed by atoms with E-state index in [1.165, 1.54) is 29.2 Å². The molecule has 1 N–H and O–H groups in total. The normalized spacial score (nSPS) is 11.7. The van der Waals surface area contributed by atoms with E-state index in [1.807, 2.05) is 12.1 Å². The maximum absolute atomic E-state index is 12.8. The van der Waals surface area contributed by atoms with Crippen molar-refractivity contribution >= 4 is 54.2 Å². The number of hydrogen-bond acceptors (Lipinski definition) is 9. The third-order valence-corrected chi connectivity index (χ3v) is 7.16. The largest absolute Gasteiger partial charge is 0.338 e. The second-order valence-corrected chi connectivity index (χ2v) is 10.5. The highest BCUT2D eigenvalue weighted by molar-refractivity contribution is 7.98. The first-order valence-corrected chi connectivity index (χ1v) is 12.4. The fourth-order valence-electron chi connectivity index (χ4n) is 2.67. The Balaban J connectivity index is 1.54. The van der Waals surface area contributed by atoms with Crippen LogP contribution in [0.5, 0.6) is 0 Å². The van der Waals surface area contributed by atoms with Crippen LogP contribution >= 0.6 is 23.1 Å². The summed E-state index contributed by atoms with van der Waals surface area (Å²) in [6.45, 7) is 1.75. The van der Waals surface area contributed by atoms with Crippen LogP contribution < -0.4 is 5.32 Å². The molecule has 2 heterocycles. The molecule has 0 unspecified atom stereocenters. The molecule has 0 atom stereocenters. The molecule has 2 aromatic carbocycles. The summed E-state index contributed by atoms with van der Waals surface area (Å²) < 4.78 is 29.3. The Morgan fingerprint density at radius 2 is 2.00 bits per heavy atom. The van der Waals surface area contributed by atoms with Gasteiger partial charge in [0.25, 0.3) is 5.91 Å². The third-order valence-electron chi connectivity index (χ3n) is 4.06. The molecule has 0 radical (unpaired) electrons. The molecule has 2 aromatic heterocycles. The second-order valence-electron chi connectivity index (χ2n) is 6.40. The standard InChI is InChI=1S/C19H16N4O4S3/c1-11-20-17(27-23-11)10-28-15-6-4-3-5-13(15)18(24)22-19-21-14-8-7-12(30(2,25)26)9-16(14)29-19/h3-9H,10H2,1-2H3,(H,21,22,24). The van der Waals surface area contributed by atoms with E-state index in [4.69, 9.17) is 4.52 Å². The molecule has 0 bridgehead atoms. The number of thiazole rings is 1. The average molecular weight is 461 g/mol. The van der Waals surface area contributed by atoms with Crippen molar-refractivity contribution < 1.29 is 17.7 Å². The van der Waals surface area contributed by atoms with Crippen LogP contribution in [0.25, 0.3) is 10.2 Å². The SMILES string of the molecule is Cc1noc(CSc2ccccc2C(=O)Nc2nc3ccc(S(C)(=O)=O)cc3s2)n1. The Kier molecular flexibility index (Phi) is 5.58. The van der Waals surface area contributed by atoms with Gasteiger partial charge in [-0.25, -0.2) is 13.4 Å². The lowest BCUT2D eigenvalue weighted by atomic mass is 10.2. The highest BCUT2D eigenvalue weighted by Gasteiger charge is 2.16. The van der Waals surface area contributed by atoms with Gasteiger partial charge in [0.15, 0.2) is 20.8 Å². The van der Waals surface area contributed by atoms with Crippen molar-refractivity contribution in [2.45, 2.75) is 22.5 Å². The molecule has 0 spiro atoms. The van der Waals surface area contributed by atoms with Gasteiger partial charge in [0.2, 0.25) is 5.89 Å². The molecule has 0 saturated heterocycles. The second kappa shape index (κ2) is 8.17. The summed E-state index contributed by atoms with van der Waals surface area (Å²) in [5.74, 6) is 1.19. The minimum atomic E-state index is -3.31. The fraction of sp³-hybridized carbons (Fsp3) is 0.158. The van der Waals surface area contributed by atoms with Crippen molar-refractivity contribution in [3.8, 4) is 0 Å². The lowest BCUT2D eigenvalue weighted by Crippen LogP contribution is -2.12. The lowest BCUT2D eigenvalue weighted by molar-refractivity contribution is 0.102. The maximum Gasteiger partial charge on any atom is 0.258 e. The molecule has 4 aromatic rings. The van der Waals surface area contributed by atoms with Gasteiger partial charge in [-0.1, -0.05) is 28.6 Å². The predicted molar refractivity (Wildman–Crippen MR) is 116 cm³/mol. The van der Waals surface area contributed by atoms with E-state index in [1.54, 1.807) is 31.2 Å². The van der Waals surface area contributed by atoms with Crippen LogP contribution in [0.3, 0.4) is 0 Å². The Hall–Kier alpha value is -2.76. The Morgan fingerprint density at radius 3 is 2.73 bits per heavy atom. The van der Waals surface area contributed by atoms with Crippen LogP contribution in [0.15, 0.2) is 56.8 Å². The van der Waals surface area contributed by atoms with E-state index in [0.717, 1.165) is 11.2 Å². The molecule has 1 amide bonds. The molecule has 0 fully saturated rings. The number of nitrogens with one attached hydrogen (secondary N) is 1. The number of aryl methyl sites for hydroxylation is 1. The van der Waals surface area contributed by atoms with Gasteiger partial charge in [-0.2, -0.15) is 4.98 Å². The molecule has 4 rings (SSSR count). The molecule has 30 heavy (non-hydrogen) atoms. The van der Waals surface area contributed by atoms with Crippen LogP contribution in [0.2, 0.25) is 0 Å². The lowest BCUT2D eigenvalue weighted by Gasteiger charge is -2.07. The zero-order valence-electron chi connectivity index (χ0n) is 15.9. The van der Waals surface area contributed by atoms with Gasteiger partial charge in [0, 0.05) is 11.2 Å². The number of amides is 1. The summed E-state index contributed by atoms with van der Waals surface area (Å²) >= 11 is 2.64. The van der Waals surface area contributed by atoms with E-state index in [2.05, 4.69) is 20.4 Å². The van der Waals surface area contributed by atoms with Crippen molar-refractivity contribution in [2.24, 2.45) is 0 Å². The quantitative estimate of drug-likeness (QED) is 0.430. The Morgan fingerprint density at radius 1 is 1.20 bits per heavy atom. The number of carbonyl (C=O) groups is 1. The predicted octanol–water partition coefficient (Wildman–Crippen LogP) is 3.94. The summed E-state index contributed by atoms with van der Waals surface area (Å²) in [6.07, 6.45) is 1.15. The van der Waals surface area contributed by atoms with Crippen molar-refractivity contribution in [3.63, 3.8) is 0 Å². The first-order chi connectivity index (χ1) is 14.3. The molecule has 8 nitrogen and oxygen atoms in total. The number of thioether (sulfide) groups is 1. The first kappa shape index (κ1) is 20.5. The Bertz CT molecular complexity index is 1340. The molecule has 154 valence electrons. The molecular weight excluding hydrogens is 444 g/mol. The van der Waals surface area contributed by atoms with Crippen LogP contribution in [0, 0.1) is 6.92 Å². The summed E-state index contributed by atoms with van der Waals surface area (Å²) in [5, 5.41) is 6.96. The number of rotatable bonds is 6. The maximum atomic E-state index is 12.8. The van der Waals surface area contributed by atoms with E-state index < -0.39 is 9.84 Å². The van der Waals surface area contributed by atoms with Gasteiger partial charge in [0.05, 0.1) is 26.4 Å². The number of fused-ring (bicyclic) bond motifs is 1. The van der Waals surface area contributed by atoms with E-state index in [-0.39, 0.29) is 10.8 Å². The van der Waals surface area contributed by atoms with E-state index in [9.17, 15) is 13.2 Å². The molecular formula is C19H16N4O4S3. The zero-order chi connectivity index (χ0) is 21.3. The van der Waals surface area contributed by atoms with Gasteiger partial charge in [-0.15, -0.1) is 11.8 Å². The fourth-order valence-corrected chi connectivity index (χ4v) is 5.18.